The van der Waals surface area contributed by atoms with Crippen molar-refractivity contribution in [2.75, 3.05) is 0 Å². The molecule has 0 aromatic heterocycles. The van der Waals surface area contributed by atoms with Crippen LogP contribution in [0.2, 0.25) is 0 Å². The summed E-state index contributed by atoms with van der Waals surface area (Å²) in [6.45, 7) is 6.05. The Labute approximate surface area is 163 Å². The van der Waals surface area contributed by atoms with E-state index in [1.807, 2.05) is 25.1 Å². The standard InChI is InChI=1S/C24H34F2O/c1-3-5-7-9-20-10-12-21(13-11-20)18-27-23(24(25)26)22-16-14-19(15-17-22)8-6-4-2/h3-5,10-13,19,22-24H,2,6-9,14-18H2,1H3/b5-3+. The van der Waals surface area contributed by atoms with Crippen LogP contribution in [-0.2, 0) is 17.8 Å². The fraction of sp³-hybridized carbons (Fsp3) is 0.583. The van der Waals surface area contributed by atoms with Crippen molar-refractivity contribution in [1.82, 2.24) is 0 Å². The van der Waals surface area contributed by atoms with Crippen LogP contribution in [0.4, 0.5) is 8.78 Å². The third-order valence-electron chi connectivity index (χ3n) is 5.68. The van der Waals surface area contributed by atoms with Gasteiger partial charge in [-0.25, -0.2) is 8.78 Å². The van der Waals surface area contributed by atoms with Gasteiger partial charge in [-0.05, 0) is 68.4 Å². The van der Waals surface area contributed by atoms with Crippen LogP contribution in [0.1, 0.15) is 63.0 Å². The second kappa shape index (κ2) is 12.1. The summed E-state index contributed by atoms with van der Waals surface area (Å²) in [7, 11) is 0. The highest BCUT2D eigenvalue weighted by Gasteiger charge is 2.33. The van der Waals surface area contributed by atoms with E-state index < -0.39 is 12.5 Å². The van der Waals surface area contributed by atoms with Crippen molar-refractivity contribution >= 4 is 0 Å². The summed E-state index contributed by atoms with van der Waals surface area (Å²) in [5, 5.41) is 0. The normalized spacial score (nSPS) is 21.6. The zero-order valence-electron chi connectivity index (χ0n) is 16.6. The Morgan fingerprint density at radius 3 is 2.33 bits per heavy atom. The first kappa shape index (κ1) is 21.8. The van der Waals surface area contributed by atoms with E-state index in [-0.39, 0.29) is 12.5 Å². The van der Waals surface area contributed by atoms with Gasteiger partial charge in [0.2, 0.25) is 0 Å². The molecule has 1 fully saturated rings. The molecule has 0 amide bonds. The van der Waals surface area contributed by atoms with Crippen LogP contribution in [0.5, 0.6) is 0 Å². The third-order valence-corrected chi connectivity index (χ3v) is 5.68. The summed E-state index contributed by atoms with van der Waals surface area (Å²) in [5.41, 5.74) is 2.23. The zero-order valence-corrected chi connectivity index (χ0v) is 16.6. The summed E-state index contributed by atoms with van der Waals surface area (Å²) >= 11 is 0. The van der Waals surface area contributed by atoms with Gasteiger partial charge in [-0.3, -0.25) is 0 Å². The lowest BCUT2D eigenvalue weighted by Gasteiger charge is -2.33. The number of halogens is 2. The van der Waals surface area contributed by atoms with Crippen molar-refractivity contribution in [3.05, 3.63) is 60.2 Å². The Kier molecular flexibility index (Phi) is 9.75. The molecule has 0 aliphatic heterocycles. The molecule has 1 aliphatic rings. The summed E-state index contributed by atoms with van der Waals surface area (Å²) in [4.78, 5) is 0. The fourth-order valence-corrected chi connectivity index (χ4v) is 3.98. The van der Waals surface area contributed by atoms with Crippen molar-refractivity contribution in [2.24, 2.45) is 11.8 Å². The van der Waals surface area contributed by atoms with Crippen molar-refractivity contribution in [2.45, 2.75) is 77.4 Å². The Hall–Kier alpha value is -1.48. The van der Waals surface area contributed by atoms with Gasteiger partial charge in [0.25, 0.3) is 6.43 Å². The molecule has 0 saturated heterocycles. The van der Waals surface area contributed by atoms with Crippen LogP contribution in [-0.4, -0.2) is 12.5 Å². The number of allylic oxidation sites excluding steroid dienone is 3. The first-order valence-corrected chi connectivity index (χ1v) is 10.3. The molecular weight excluding hydrogens is 342 g/mol. The molecule has 0 heterocycles. The number of ether oxygens (including phenoxy) is 1. The predicted molar refractivity (Wildman–Crippen MR) is 109 cm³/mol. The first-order chi connectivity index (χ1) is 13.1. The van der Waals surface area contributed by atoms with Gasteiger partial charge in [-0.15, -0.1) is 6.58 Å². The smallest absolute Gasteiger partial charge is 0.264 e. The quantitative estimate of drug-likeness (QED) is 0.374. The van der Waals surface area contributed by atoms with Gasteiger partial charge in [0.05, 0.1) is 6.61 Å². The fourth-order valence-electron chi connectivity index (χ4n) is 3.98. The maximum absolute atomic E-state index is 13.6. The molecule has 0 N–H and O–H groups in total. The molecular formula is C24H34F2O. The molecule has 1 aromatic carbocycles. The number of alkyl halides is 2. The number of hydrogen-bond acceptors (Lipinski definition) is 1. The molecule has 1 unspecified atom stereocenters. The molecule has 0 spiro atoms. The van der Waals surface area contributed by atoms with Gasteiger partial charge >= 0.3 is 0 Å². The molecule has 27 heavy (non-hydrogen) atoms. The highest BCUT2D eigenvalue weighted by Crippen LogP contribution is 2.36. The minimum absolute atomic E-state index is 0.0231. The van der Waals surface area contributed by atoms with E-state index in [9.17, 15) is 8.78 Å². The van der Waals surface area contributed by atoms with Gasteiger partial charge in [0.1, 0.15) is 6.10 Å². The Bertz CT molecular complexity index is 556. The van der Waals surface area contributed by atoms with Gasteiger partial charge < -0.3 is 4.74 Å². The Morgan fingerprint density at radius 2 is 1.74 bits per heavy atom. The summed E-state index contributed by atoms with van der Waals surface area (Å²) < 4.78 is 32.9. The first-order valence-electron chi connectivity index (χ1n) is 10.3. The lowest BCUT2D eigenvalue weighted by atomic mass is 9.77. The number of rotatable bonds is 11. The minimum Gasteiger partial charge on any atom is -0.367 e. The maximum Gasteiger partial charge on any atom is 0.264 e. The van der Waals surface area contributed by atoms with Gasteiger partial charge in [-0.2, -0.15) is 0 Å². The predicted octanol–water partition coefficient (Wildman–Crippen LogP) is 7.12. The largest absolute Gasteiger partial charge is 0.367 e. The molecule has 150 valence electrons. The van der Waals surface area contributed by atoms with E-state index in [4.69, 9.17) is 4.74 Å². The summed E-state index contributed by atoms with van der Waals surface area (Å²) in [5.74, 6) is 0.637. The Morgan fingerprint density at radius 1 is 1.07 bits per heavy atom. The second-order valence-electron chi connectivity index (χ2n) is 7.68. The summed E-state index contributed by atoms with van der Waals surface area (Å²) in [6, 6.07) is 8.15. The average Bonchev–Trinajstić information content (AvgIpc) is 2.68. The highest BCUT2D eigenvalue weighted by molar-refractivity contribution is 5.22. The van der Waals surface area contributed by atoms with Crippen molar-refractivity contribution in [1.29, 1.82) is 0 Å². The van der Waals surface area contributed by atoms with E-state index in [1.165, 1.54) is 5.56 Å². The molecule has 3 heteroatoms. The van der Waals surface area contributed by atoms with E-state index >= 15 is 0 Å². The second-order valence-corrected chi connectivity index (χ2v) is 7.68. The molecule has 1 atom stereocenters. The maximum atomic E-state index is 13.6. The van der Waals surface area contributed by atoms with Crippen LogP contribution >= 0.6 is 0 Å². The molecule has 1 nitrogen and oxygen atoms in total. The highest BCUT2D eigenvalue weighted by atomic mass is 19.3. The van der Waals surface area contributed by atoms with Gasteiger partial charge in [0, 0.05) is 0 Å². The van der Waals surface area contributed by atoms with E-state index in [2.05, 4.69) is 30.9 Å². The molecule has 2 rings (SSSR count). The van der Waals surface area contributed by atoms with Crippen molar-refractivity contribution in [3.8, 4) is 0 Å². The van der Waals surface area contributed by atoms with Crippen molar-refractivity contribution in [3.63, 3.8) is 0 Å². The SMILES string of the molecule is C=CCCC1CCC(C(OCc2ccc(CC/C=C/C)cc2)C(F)F)CC1. The van der Waals surface area contributed by atoms with Crippen LogP contribution in [0.3, 0.4) is 0 Å². The van der Waals surface area contributed by atoms with Crippen molar-refractivity contribution < 1.29 is 13.5 Å². The molecule has 1 aromatic rings. The van der Waals surface area contributed by atoms with Crippen LogP contribution < -0.4 is 0 Å². The van der Waals surface area contributed by atoms with E-state index in [0.717, 1.165) is 56.9 Å². The third kappa shape index (κ3) is 7.57. The van der Waals surface area contributed by atoms with E-state index in [1.54, 1.807) is 0 Å². The molecule has 0 radical (unpaired) electrons. The molecule has 1 saturated carbocycles. The number of aryl methyl sites for hydroxylation is 1. The van der Waals surface area contributed by atoms with E-state index in [0.29, 0.717) is 5.92 Å². The summed E-state index contributed by atoms with van der Waals surface area (Å²) in [6.07, 6.45) is 10.7. The molecule has 0 bridgehead atoms. The number of hydrogen-bond donors (Lipinski definition) is 0. The zero-order chi connectivity index (χ0) is 19.5. The lowest BCUT2D eigenvalue weighted by Crippen LogP contribution is -2.34. The van der Waals surface area contributed by atoms with Gasteiger partial charge in [0.15, 0.2) is 0 Å². The monoisotopic (exact) mass is 376 g/mol. The van der Waals surface area contributed by atoms with Crippen LogP contribution in [0.25, 0.3) is 0 Å². The Balaban J connectivity index is 1.81. The van der Waals surface area contributed by atoms with Crippen LogP contribution in [0.15, 0.2) is 49.1 Å². The topological polar surface area (TPSA) is 9.23 Å². The average molecular weight is 377 g/mol. The van der Waals surface area contributed by atoms with Crippen LogP contribution in [0, 0.1) is 11.8 Å². The van der Waals surface area contributed by atoms with Gasteiger partial charge in [-0.1, -0.05) is 55.3 Å². The minimum atomic E-state index is -2.42. The molecule has 1 aliphatic carbocycles. The lowest BCUT2D eigenvalue weighted by molar-refractivity contribution is -0.102. The number of benzene rings is 1.